The first-order chi connectivity index (χ1) is 18.2. The minimum Gasteiger partial charge on any atom is -0.384 e. The molecule has 0 saturated heterocycles. The average Bonchev–Trinajstić information content (AvgIpc) is 3.38. The van der Waals surface area contributed by atoms with E-state index < -0.39 is 25.1 Å². The van der Waals surface area contributed by atoms with Crippen LogP contribution in [0.3, 0.4) is 0 Å². The number of carbonyl (C=O) groups is 1. The van der Waals surface area contributed by atoms with Crippen molar-refractivity contribution in [3.05, 3.63) is 48.5 Å². The van der Waals surface area contributed by atoms with E-state index in [2.05, 4.69) is 26.2 Å². The Morgan fingerprint density at radius 3 is 1.95 bits per heavy atom. The number of carbonyl (C=O) groups excluding carboxylic acids is 1. The third-order valence-corrected chi connectivity index (χ3v) is 11.9. The van der Waals surface area contributed by atoms with Crippen molar-refractivity contribution in [1.29, 1.82) is 0 Å². The van der Waals surface area contributed by atoms with E-state index in [1.165, 1.54) is 31.4 Å². The van der Waals surface area contributed by atoms with Crippen LogP contribution in [0.5, 0.6) is 0 Å². The highest BCUT2D eigenvalue weighted by molar-refractivity contribution is 9.10. The summed E-state index contributed by atoms with van der Waals surface area (Å²) in [5.74, 6) is 0.268. The Labute approximate surface area is 256 Å². The van der Waals surface area contributed by atoms with Crippen molar-refractivity contribution in [3.63, 3.8) is 0 Å². The van der Waals surface area contributed by atoms with Gasteiger partial charge in [0, 0.05) is 52.0 Å². The van der Waals surface area contributed by atoms with E-state index in [1.54, 1.807) is 7.11 Å². The van der Waals surface area contributed by atoms with Crippen molar-refractivity contribution in [2.75, 3.05) is 38.5 Å². The maximum Gasteiger partial charge on any atom is 0.334 e. The zero-order chi connectivity index (χ0) is 29.4. The maximum absolute atomic E-state index is 12.3. The second kappa shape index (κ2) is 15.1. The van der Waals surface area contributed by atoms with Gasteiger partial charge in [0.1, 0.15) is 20.1 Å². The molecule has 11 nitrogen and oxygen atoms in total. The molecule has 0 fully saturated rings. The van der Waals surface area contributed by atoms with Crippen LogP contribution in [-0.2, 0) is 41.4 Å². The number of sulfonamides is 1. The molecule has 0 aliphatic carbocycles. The Morgan fingerprint density at radius 2 is 1.49 bits per heavy atom. The number of rotatable bonds is 10. The predicted molar refractivity (Wildman–Crippen MR) is 159 cm³/mol. The van der Waals surface area contributed by atoms with Gasteiger partial charge in [-0.2, -0.15) is 0 Å². The van der Waals surface area contributed by atoms with Gasteiger partial charge in [0.15, 0.2) is 0 Å². The van der Waals surface area contributed by atoms with Gasteiger partial charge < -0.3 is 15.2 Å². The summed E-state index contributed by atoms with van der Waals surface area (Å²) in [6.07, 6.45) is 1.06. The molecule has 0 aliphatic heterocycles. The predicted octanol–water partition coefficient (Wildman–Crippen LogP) is 5.36. The number of nitrogen functional groups attached to an aromatic ring is 1. The second-order valence-electron chi connectivity index (χ2n) is 7.25. The van der Waals surface area contributed by atoms with Crippen LogP contribution in [0.2, 0.25) is 10.0 Å². The summed E-state index contributed by atoms with van der Waals surface area (Å²) < 4.78 is 58.8. The Hall–Kier alpha value is -1.21. The van der Waals surface area contributed by atoms with E-state index in [0.29, 0.717) is 45.5 Å². The van der Waals surface area contributed by atoms with Crippen LogP contribution in [0.4, 0.5) is 16.4 Å². The number of amides is 2. The largest absolute Gasteiger partial charge is 0.384 e. The molecular formula is C20H22BrCl3N4O7S4. The zero-order valence-electron chi connectivity index (χ0n) is 20.2. The highest BCUT2D eigenvalue weighted by atomic mass is 79.9. The van der Waals surface area contributed by atoms with Gasteiger partial charge in [0.05, 0.1) is 23.3 Å². The Kier molecular flexibility index (Phi) is 13.2. The lowest BCUT2D eigenvalue weighted by atomic mass is 10.4. The summed E-state index contributed by atoms with van der Waals surface area (Å²) in [6.45, 7) is 0.908. The molecule has 39 heavy (non-hydrogen) atoms. The molecule has 3 aromatic heterocycles. The van der Waals surface area contributed by atoms with Crippen LogP contribution in [0, 0.1) is 0 Å². The van der Waals surface area contributed by atoms with Crippen LogP contribution in [-0.4, -0.2) is 55.3 Å². The molecule has 0 bridgehead atoms. The second-order valence-corrected chi connectivity index (χ2v) is 16.0. The number of halogens is 4. The number of nitrogens with zero attached hydrogens (tertiary/aromatic N) is 1. The standard InChI is InChI=1S/C13H14BrClN4O4S2.C7H8Cl2O3S2/c1-23-3-2-9-8(15)6-12(24-9)25(21,22)19-13(20)18-11-5-7(14)4-10(16)17-11;1-12-3-2-6-5(8)4-7(13-6)14(9,10)11/h4-6H,2-3H2,1H3,(H4,16,17,18,19,20);4H,2-3H2,1H3. The van der Waals surface area contributed by atoms with Crippen molar-refractivity contribution in [1.82, 2.24) is 9.71 Å². The molecule has 2 amide bonds. The SMILES string of the molecule is COCCc1sc(S(=O)(=O)Cl)cc1Cl.COCCc1sc(S(=O)(=O)NC(=O)Nc2cc(Br)cc(N)n2)cc1Cl. The first kappa shape index (κ1) is 34.0. The van der Waals surface area contributed by atoms with Crippen molar-refractivity contribution < 1.29 is 31.1 Å². The van der Waals surface area contributed by atoms with E-state index in [9.17, 15) is 21.6 Å². The average molecular weight is 745 g/mol. The molecule has 0 aliphatic rings. The summed E-state index contributed by atoms with van der Waals surface area (Å²) >= 11 is 17.1. The number of nitrogens with one attached hydrogen (secondary N) is 2. The summed E-state index contributed by atoms with van der Waals surface area (Å²) in [4.78, 5) is 17.2. The molecule has 0 unspecified atom stereocenters. The number of pyridine rings is 1. The molecule has 3 aromatic rings. The number of anilines is 2. The van der Waals surface area contributed by atoms with Crippen LogP contribution in [0.15, 0.2) is 37.2 Å². The molecule has 0 aromatic carbocycles. The van der Waals surface area contributed by atoms with Gasteiger partial charge in [-0.3, -0.25) is 5.32 Å². The molecular weight excluding hydrogens is 723 g/mol. The minimum absolute atomic E-state index is 0.0690. The fraction of sp³-hybridized carbons (Fsp3) is 0.300. The number of aromatic nitrogens is 1. The highest BCUT2D eigenvalue weighted by Crippen LogP contribution is 2.33. The van der Waals surface area contributed by atoms with Gasteiger partial charge in [-0.15, -0.1) is 22.7 Å². The Balaban J connectivity index is 0.000000322. The Morgan fingerprint density at radius 1 is 0.974 bits per heavy atom. The van der Waals surface area contributed by atoms with E-state index in [1.807, 2.05) is 4.72 Å². The van der Waals surface area contributed by atoms with Crippen LogP contribution in [0.1, 0.15) is 9.75 Å². The smallest absolute Gasteiger partial charge is 0.334 e. The van der Waals surface area contributed by atoms with E-state index >= 15 is 0 Å². The van der Waals surface area contributed by atoms with Crippen molar-refractivity contribution >= 4 is 109 Å². The summed E-state index contributed by atoms with van der Waals surface area (Å²) in [6, 6.07) is 4.71. The summed E-state index contributed by atoms with van der Waals surface area (Å²) in [7, 11) is 0.546. The first-order valence-corrected chi connectivity index (χ1v) is 17.4. The number of nitrogens with two attached hydrogens (primary N) is 1. The van der Waals surface area contributed by atoms with Crippen LogP contribution >= 0.6 is 72.5 Å². The zero-order valence-corrected chi connectivity index (χ0v) is 27.3. The van der Waals surface area contributed by atoms with Gasteiger partial charge in [0.2, 0.25) is 0 Å². The normalized spacial score (nSPS) is 11.5. The molecule has 0 atom stereocenters. The van der Waals surface area contributed by atoms with Gasteiger partial charge >= 0.3 is 6.03 Å². The molecule has 216 valence electrons. The van der Waals surface area contributed by atoms with Gasteiger partial charge in [0.25, 0.3) is 19.1 Å². The molecule has 0 radical (unpaired) electrons. The number of hydrogen-bond donors (Lipinski definition) is 3. The summed E-state index contributed by atoms with van der Waals surface area (Å²) in [5, 5.41) is 3.04. The topological polar surface area (TPSA) is 167 Å². The fourth-order valence-electron chi connectivity index (χ4n) is 2.65. The molecule has 0 saturated carbocycles. The number of ether oxygens (including phenoxy) is 2. The van der Waals surface area contributed by atoms with E-state index in [4.69, 9.17) is 49.1 Å². The lowest BCUT2D eigenvalue weighted by Crippen LogP contribution is -2.34. The third kappa shape index (κ3) is 10.9. The van der Waals surface area contributed by atoms with Gasteiger partial charge in [-0.05, 0) is 24.3 Å². The number of urea groups is 1. The Bertz CT molecular complexity index is 1490. The highest BCUT2D eigenvalue weighted by Gasteiger charge is 2.22. The van der Waals surface area contributed by atoms with Crippen molar-refractivity contribution in [3.8, 4) is 0 Å². The van der Waals surface area contributed by atoms with Gasteiger partial charge in [-0.25, -0.2) is 31.3 Å². The monoisotopic (exact) mass is 742 g/mol. The van der Waals surface area contributed by atoms with Crippen LogP contribution in [0.25, 0.3) is 0 Å². The van der Waals surface area contributed by atoms with Gasteiger partial charge in [-0.1, -0.05) is 39.1 Å². The van der Waals surface area contributed by atoms with E-state index in [-0.39, 0.29) is 20.1 Å². The number of methoxy groups -OCH3 is 2. The third-order valence-electron chi connectivity index (χ3n) is 4.32. The van der Waals surface area contributed by atoms with Crippen molar-refractivity contribution in [2.24, 2.45) is 0 Å². The minimum atomic E-state index is -4.07. The van der Waals surface area contributed by atoms with E-state index in [0.717, 1.165) is 27.6 Å². The molecule has 4 N–H and O–H groups in total. The lowest BCUT2D eigenvalue weighted by molar-refractivity contribution is 0.203. The summed E-state index contributed by atoms with van der Waals surface area (Å²) in [5.41, 5.74) is 5.56. The number of thiophene rings is 2. The first-order valence-electron chi connectivity index (χ1n) is 10.4. The molecule has 0 spiro atoms. The van der Waals surface area contributed by atoms with Crippen molar-refractivity contribution in [2.45, 2.75) is 21.3 Å². The fourth-order valence-corrected chi connectivity index (χ4v) is 8.43. The quantitative estimate of drug-likeness (QED) is 0.232. The molecule has 3 heterocycles. The lowest BCUT2D eigenvalue weighted by Gasteiger charge is -2.07. The maximum atomic E-state index is 12.3. The molecule has 3 rings (SSSR count). The number of hydrogen-bond acceptors (Lipinski definition) is 11. The molecule has 19 heteroatoms. The van der Waals surface area contributed by atoms with Crippen LogP contribution < -0.4 is 15.8 Å².